The third-order valence-corrected chi connectivity index (χ3v) is 4.69. The molecular weight excluding hydrogens is 348 g/mol. The van der Waals surface area contributed by atoms with Crippen molar-refractivity contribution in [2.24, 2.45) is 0 Å². The van der Waals surface area contributed by atoms with Crippen molar-refractivity contribution in [3.63, 3.8) is 0 Å². The van der Waals surface area contributed by atoms with E-state index in [1.54, 1.807) is 23.2 Å². The number of carbonyl (C=O) groups is 1. The highest BCUT2D eigenvalue weighted by Crippen LogP contribution is 2.24. The molecular formula is C19H16N4O2S. The van der Waals surface area contributed by atoms with Crippen LogP contribution in [0.1, 0.15) is 11.3 Å². The van der Waals surface area contributed by atoms with Gasteiger partial charge in [0, 0.05) is 11.4 Å². The molecule has 4 aromatic rings. The summed E-state index contributed by atoms with van der Waals surface area (Å²) in [7, 11) is 0. The molecule has 0 aliphatic rings. The van der Waals surface area contributed by atoms with Crippen LogP contribution in [-0.2, 0) is 17.8 Å². The van der Waals surface area contributed by atoms with Crippen molar-refractivity contribution >= 4 is 23.1 Å². The Bertz CT molecular complexity index is 990. The predicted octanol–water partition coefficient (Wildman–Crippen LogP) is 3.83. The third kappa shape index (κ3) is 3.73. The number of hydrogen-bond acceptors (Lipinski definition) is 5. The van der Waals surface area contributed by atoms with Crippen molar-refractivity contribution in [2.45, 2.75) is 13.0 Å². The average molecular weight is 364 g/mol. The summed E-state index contributed by atoms with van der Waals surface area (Å²) in [4.78, 5) is 16.8. The second-order valence-corrected chi connectivity index (χ2v) is 6.56. The molecule has 1 N–H and O–H groups in total. The Morgan fingerprint density at radius 3 is 2.85 bits per heavy atom. The van der Waals surface area contributed by atoms with Crippen LogP contribution in [-0.4, -0.2) is 20.7 Å². The number of amides is 1. The molecule has 0 fully saturated rings. The highest BCUT2D eigenvalue weighted by atomic mass is 32.1. The minimum atomic E-state index is -0.129. The van der Waals surface area contributed by atoms with E-state index in [-0.39, 0.29) is 12.3 Å². The summed E-state index contributed by atoms with van der Waals surface area (Å²) < 4.78 is 7.10. The number of furan rings is 1. The Morgan fingerprint density at radius 1 is 1.15 bits per heavy atom. The van der Waals surface area contributed by atoms with Crippen molar-refractivity contribution in [3.8, 4) is 10.8 Å². The van der Waals surface area contributed by atoms with Crippen molar-refractivity contribution in [3.05, 3.63) is 77.6 Å². The van der Waals surface area contributed by atoms with E-state index in [2.05, 4.69) is 15.4 Å². The van der Waals surface area contributed by atoms with Gasteiger partial charge < -0.3 is 9.73 Å². The number of aromatic nitrogens is 3. The maximum absolute atomic E-state index is 12.4. The van der Waals surface area contributed by atoms with Gasteiger partial charge in [0.2, 0.25) is 5.91 Å². The van der Waals surface area contributed by atoms with Crippen LogP contribution < -0.4 is 5.32 Å². The minimum absolute atomic E-state index is 0.129. The monoisotopic (exact) mass is 364 g/mol. The molecule has 6 nitrogen and oxygen atoms in total. The van der Waals surface area contributed by atoms with Crippen LogP contribution in [0.5, 0.6) is 0 Å². The molecule has 130 valence electrons. The quantitative estimate of drug-likeness (QED) is 0.564. The van der Waals surface area contributed by atoms with E-state index in [0.717, 1.165) is 10.6 Å². The molecule has 3 heterocycles. The summed E-state index contributed by atoms with van der Waals surface area (Å²) in [5.41, 5.74) is 1.84. The summed E-state index contributed by atoms with van der Waals surface area (Å²) in [6, 6.07) is 15.4. The van der Waals surface area contributed by atoms with Crippen LogP contribution in [0.25, 0.3) is 10.8 Å². The molecule has 0 saturated heterocycles. The van der Waals surface area contributed by atoms with E-state index < -0.39 is 0 Å². The average Bonchev–Trinajstić information content (AvgIpc) is 3.38. The zero-order valence-corrected chi connectivity index (χ0v) is 14.6. The lowest BCUT2D eigenvalue weighted by Gasteiger charge is -2.08. The van der Waals surface area contributed by atoms with Gasteiger partial charge >= 0.3 is 0 Å². The highest BCUT2D eigenvalue weighted by Gasteiger charge is 2.12. The van der Waals surface area contributed by atoms with Gasteiger partial charge in [-0.25, -0.2) is 9.67 Å². The van der Waals surface area contributed by atoms with E-state index in [9.17, 15) is 4.79 Å². The summed E-state index contributed by atoms with van der Waals surface area (Å²) in [6.07, 6.45) is 3.49. The molecule has 26 heavy (non-hydrogen) atoms. The maximum atomic E-state index is 12.4. The van der Waals surface area contributed by atoms with Crippen LogP contribution >= 0.6 is 11.3 Å². The molecule has 0 aliphatic heterocycles. The number of benzene rings is 1. The Labute approximate surface area is 154 Å². The van der Waals surface area contributed by atoms with E-state index >= 15 is 0 Å². The van der Waals surface area contributed by atoms with Crippen LogP contribution in [0.2, 0.25) is 0 Å². The van der Waals surface area contributed by atoms with Gasteiger partial charge in [0.25, 0.3) is 0 Å². The molecule has 7 heteroatoms. The highest BCUT2D eigenvalue weighted by molar-refractivity contribution is 7.13. The summed E-state index contributed by atoms with van der Waals surface area (Å²) >= 11 is 1.46. The van der Waals surface area contributed by atoms with Crippen molar-refractivity contribution in [2.75, 3.05) is 5.32 Å². The smallest absolute Gasteiger partial charge is 0.231 e. The van der Waals surface area contributed by atoms with E-state index in [1.807, 2.05) is 47.8 Å². The number of rotatable bonds is 6. The molecule has 1 aromatic carbocycles. The molecule has 0 atom stereocenters. The lowest BCUT2D eigenvalue weighted by molar-refractivity contribution is -0.115. The van der Waals surface area contributed by atoms with Gasteiger partial charge in [-0.1, -0.05) is 30.3 Å². The van der Waals surface area contributed by atoms with Gasteiger partial charge in [-0.2, -0.15) is 5.10 Å². The Morgan fingerprint density at radius 2 is 2.04 bits per heavy atom. The van der Waals surface area contributed by atoms with Gasteiger partial charge in [0.1, 0.15) is 5.82 Å². The topological polar surface area (TPSA) is 73.0 Å². The van der Waals surface area contributed by atoms with Gasteiger partial charge in [0.05, 0.1) is 31.1 Å². The first kappa shape index (κ1) is 16.3. The van der Waals surface area contributed by atoms with Crippen molar-refractivity contribution in [1.29, 1.82) is 0 Å². The largest absolute Gasteiger partial charge is 0.462 e. The Hall–Kier alpha value is -3.19. The van der Waals surface area contributed by atoms with Gasteiger partial charge in [-0.3, -0.25) is 4.79 Å². The second kappa shape index (κ2) is 7.37. The lowest BCUT2D eigenvalue weighted by atomic mass is 10.2. The number of anilines is 1. The van der Waals surface area contributed by atoms with Crippen LogP contribution in [0.4, 0.5) is 5.82 Å². The molecule has 0 aliphatic carbocycles. The van der Waals surface area contributed by atoms with Crippen LogP contribution in [0.15, 0.2) is 70.8 Å². The normalized spacial score (nSPS) is 10.8. The molecule has 0 radical (unpaired) electrons. The SMILES string of the molecule is O=C(Cc1csc(-c2ccco2)n1)Nc1ccnn1Cc1ccccc1. The maximum Gasteiger partial charge on any atom is 0.231 e. The zero-order valence-electron chi connectivity index (χ0n) is 13.8. The Balaban J connectivity index is 1.41. The van der Waals surface area contributed by atoms with Gasteiger partial charge in [0.15, 0.2) is 10.8 Å². The van der Waals surface area contributed by atoms with Crippen molar-refractivity contribution in [1.82, 2.24) is 14.8 Å². The van der Waals surface area contributed by atoms with E-state index in [0.29, 0.717) is 23.8 Å². The Kier molecular flexibility index (Phi) is 4.61. The number of nitrogens with zero attached hydrogens (tertiary/aromatic N) is 3. The molecule has 3 aromatic heterocycles. The van der Waals surface area contributed by atoms with Crippen LogP contribution in [0.3, 0.4) is 0 Å². The van der Waals surface area contributed by atoms with Gasteiger partial charge in [-0.15, -0.1) is 11.3 Å². The molecule has 0 bridgehead atoms. The fraction of sp³-hybridized carbons (Fsp3) is 0.105. The van der Waals surface area contributed by atoms with E-state index in [4.69, 9.17) is 4.42 Å². The fourth-order valence-electron chi connectivity index (χ4n) is 2.57. The first-order chi connectivity index (χ1) is 12.8. The number of thiazole rings is 1. The standard InChI is InChI=1S/C19H16N4O2S/c24-18(11-15-13-26-19(21-15)16-7-4-10-25-16)22-17-8-9-20-23(17)12-14-5-2-1-3-6-14/h1-10,13H,11-12H2,(H,22,24). The number of hydrogen-bond donors (Lipinski definition) is 1. The first-order valence-corrected chi connectivity index (χ1v) is 9.00. The first-order valence-electron chi connectivity index (χ1n) is 8.12. The molecule has 0 spiro atoms. The summed E-state index contributed by atoms with van der Waals surface area (Å²) in [5.74, 6) is 1.25. The second-order valence-electron chi connectivity index (χ2n) is 5.71. The molecule has 4 rings (SSSR count). The van der Waals surface area contributed by atoms with Crippen LogP contribution in [0, 0.1) is 0 Å². The minimum Gasteiger partial charge on any atom is -0.462 e. The summed E-state index contributed by atoms with van der Waals surface area (Å²) in [5, 5.41) is 9.84. The van der Waals surface area contributed by atoms with Crippen molar-refractivity contribution < 1.29 is 9.21 Å². The fourth-order valence-corrected chi connectivity index (χ4v) is 3.36. The van der Waals surface area contributed by atoms with Gasteiger partial charge in [-0.05, 0) is 17.7 Å². The number of carbonyl (C=O) groups excluding carboxylic acids is 1. The summed E-state index contributed by atoms with van der Waals surface area (Å²) in [6.45, 7) is 0.600. The number of nitrogens with one attached hydrogen (secondary N) is 1. The zero-order chi connectivity index (χ0) is 17.8. The van der Waals surface area contributed by atoms with E-state index in [1.165, 1.54) is 11.3 Å². The molecule has 0 saturated carbocycles. The molecule has 0 unspecified atom stereocenters. The lowest BCUT2D eigenvalue weighted by Crippen LogP contribution is -2.18. The third-order valence-electron chi connectivity index (χ3n) is 3.78. The predicted molar refractivity (Wildman–Crippen MR) is 99.9 cm³/mol. The molecule has 1 amide bonds.